The van der Waals surface area contributed by atoms with Gasteiger partial charge in [0.2, 0.25) is 12.0 Å². The summed E-state index contributed by atoms with van der Waals surface area (Å²) >= 11 is 0. The van der Waals surface area contributed by atoms with Gasteiger partial charge < -0.3 is 20.3 Å². The van der Waals surface area contributed by atoms with Crippen LogP contribution in [0.1, 0.15) is 17.2 Å². The van der Waals surface area contributed by atoms with Crippen LogP contribution in [0.5, 0.6) is 5.75 Å². The molecule has 2 aromatic carbocycles. The second-order valence-corrected chi connectivity index (χ2v) is 7.72. The lowest BCUT2D eigenvalue weighted by Crippen LogP contribution is -2.50. The van der Waals surface area contributed by atoms with Crippen molar-refractivity contribution in [3.05, 3.63) is 90.3 Å². The number of piperazine rings is 1. The quantitative estimate of drug-likeness (QED) is 0.622. The highest BCUT2D eigenvalue weighted by Crippen LogP contribution is 2.26. The summed E-state index contributed by atoms with van der Waals surface area (Å²) in [6.07, 6.45) is 2.90. The number of benzene rings is 2. The highest BCUT2D eigenvalue weighted by molar-refractivity contribution is 5.83. The number of primary amides is 1. The molecule has 1 fully saturated rings. The van der Waals surface area contributed by atoms with E-state index in [0.717, 1.165) is 29.9 Å². The summed E-state index contributed by atoms with van der Waals surface area (Å²) < 4.78 is 6.18. The van der Waals surface area contributed by atoms with Crippen LogP contribution < -0.4 is 15.4 Å². The third-order valence-electron chi connectivity index (χ3n) is 5.48. The number of nitrogens with zero attached hydrogens (tertiary/aromatic N) is 3. The van der Waals surface area contributed by atoms with Crippen molar-refractivity contribution < 1.29 is 14.3 Å². The number of anilines is 1. The zero-order valence-electron chi connectivity index (χ0n) is 17.8. The minimum atomic E-state index is -0.771. The van der Waals surface area contributed by atoms with Gasteiger partial charge in [0.25, 0.3) is 5.91 Å². The van der Waals surface area contributed by atoms with Gasteiger partial charge >= 0.3 is 0 Å². The third kappa shape index (κ3) is 5.24. The van der Waals surface area contributed by atoms with Crippen LogP contribution in [0.2, 0.25) is 0 Å². The monoisotopic (exact) mass is 430 g/mol. The van der Waals surface area contributed by atoms with E-state index in [4.69, 9.17) is 10.5 Å². The topological polar surface area (TPSA) is 88.8 Å². The number of hydrogen-bond donors (Lipinski definition) is 1. The summed E-state index contributed by atoms with van der Waals surface area (Å²) in [4.78, 5) is 33.0. The number of ether oxygens (including phenoxy) is 1. The van der Waals surface area contributed by atoms with Crippen LogP contribution in [-0.2, 0) is 16.0 Å². The molecule has 1 aliphatic heterocycles. The maximum Gasteiger partial charge on any atom is 0.268 e. The molecule has 1 saturated heterocycles. The van der Waals surface area contributed by atoms with E-state index in [1.807, 2.05) is 53.4 Å². The average Bonchev–Trinajstić information content (AvgIpc) is 2.83. The summed E-state index contributed by atoms with van der Waals surface area (Å²) in [5, 5.41) is 0. The van der Waals surface area contributed by atoms with E-state index >= 15 is 0 Å². The van der Waals surface area contributed by atoms with Crippen molar-refractivity contribution in [3.8, 4) is 5.75 Å². The molecular weight excluding hydrogens is 404 g/mol. The SMILES string of the molecule is NC(=O)Cc1cccc(OC(C(=O)N2CCN(c3ccncc3)CC2)c2ccccc2)c1. The number of carbonyl (C=O) groups is 2. The van der Waals surface area contributed by atoms with E-state index < -0.39 is 12.0 Å². The second-order valence-electron chi connectivity index (χ2n) is 7.72. The largest absolute Gasteiger partial charge is 0.476 e. The van der Waals surface area contributed by atoms with E-state index in [2.05, 4.69) is 9.88 Å². The van der Waals surface area contributed by atoms with Gasteiger partial charge in [0.15, 0.2) is 0 Å². The zero-order valence-corrected chi connectivity index (χ0v) is 17.8. The molecule has 0 aliphatic carbocycles. The van der Waals surface area contributed by atoms with Gasteiger partial charge in [-0.1, -0.05) is 42.5 Å². The molecule has 1 aromatic heterocycles. The lowest BCUT2D eigenvalue weighted by Gasteiger charge is -2.37. The minimum absolute atomic E-state index is 0.0779. The molecule has 0 saturated carbocycles. The van der Waals surface area contributed by atoms with Gasteiger partial charge in [0.05, 0.1) is 6.42 Å². The first-order valence-corrected chi connectivity index (χ1v) is 10.6. The Hall–Kier alpha value is -3.87. The summed E-state index contributed by atoms with van der Waals surface area (Å²) in [6.45, 7) is 2.70. The standard InChI is InChI=1S/C25H26N4O3/c26-23(30)18-19-5-4-8-22(17-19)32-24(20-6-2-1-3-7-20)25(31)29-15-13-28(14-16-29)21-9-11-27-12-10-21/h1-12,17,24H,13-16,18H2,(H2,26,30). The second kappa shape index (κ2) is 9.96. The van der Waals surface area contributed by atoms with Crippen LogP contribution in [0.25, 0.3) is 0 Å². The maximum absolute atomic E-state index is 13.5. The Morgan fingerprint density at radius 3 is 2.34 bits per heavy atom. The first-order chi connectivity index (χ1) is 15.6. The Labute approximate surface area is 187 Å². The van der Waals surface area contributed by atoms with Crippen LogP contribution in [-0.4, -0.2) is 47.9 Å². The van der Waals surface area contributed by atoms with Gasteiger partial charge in [-0.25, -0.2) is 0 Å². The van der Waals surface area contributed by atoms with E-state index in [9.17, 15) is 9.59 Å². The summed E-state index contributed by atoms with van der Waals surface area (Å²) in [6, 6.07) is 20.6. The first-order valence-electron chi connectivity index (χ1n) is 10.6. The van der Waals surface area contributed by atoms with Crippen LogP contribution in [0, 0.1) is 0 Å². The van der Waals surface area contributed by atoms with Crippen molar-refractivity contribution in [2.24, 2.45) is 5.73 Å². The molecule has 4 rings (SSSR count). The molecule has 1 atom stereocenters. The van der Waals surface area contributed by atoms with Crippen molar-refractivity contribution in [2.45, 2.75) is 12.5 Å². The molecule has 0 radical (unpaired) electrons. The fraction of sp³-hybridized carbons (Fsp3) is 0.240. The molecular formula is C25H26N4O3. The molecule has 7 heteroatoms. The molecule has 32 heavy (non-hydrogen) atoms. The lowest BCUT2D eigenvalue weighted by atomic mass is 10.1. The van der Waals surface area contributed by atoms with Crippen molar-refractivity contribution in [3.63, 3.8) is 0 Å². The smallest absolute Gasteiger partial charge is 0.268 e. The lowest BCUT2D eigenvalue weighted by molar-refractivity contribution is -0.139. The van der Waals surface area contributed by atoms with Crippen molar-refractivity contribution in [1.29, 1.82) is 0 Å². The number of amides is 2. The third-order valence-corrected chi connectivity index (χ3v) is 5.48. The van der Waals surface area contributed by atoms with E-state index in [-0.39, 0.29) is 12.3 Å². The Morgan fingerprint density at radius 1 is 0.938 bits per heavy atom. The number of pyridine rings is 1. The van der Waals surface area contributed by atoms with Gasteiger partial charge in [-0.15, -0.1) is 0 Å². The number of hydrogen-bond acceptors (Lipinski definition) is 5. The average molecular weight is 431 g/mol. The van der Waals surface area contributed by atoms with Crippen molar-refractivity contribution in [1.82, 2.24) is 9.88 Å². The van der Waals surface area contributed by atoms with E-state index in [1.165, 1.54) is 0 Å². The molecule has 7 nitrogen and oxygen atoms in total. The van der Waals surface area contributed by atoms with E-state index in [0.29, 0.717) is 18.8 Å². The van der Waals surface area contributed by atoms with Gasteiger partial charge in [0.1, 0.15) is 5.75 Å². The molecule has 3 aromatic rings. The Kier molecular flexibility index (Phi) is 6.65. The zero-order chi connectivity index (χ0) is 22.3. The molecule has 0 spiro atoms. The van der Waals surface area contributed by atoms with Gasteiger partial charge in [-0.3, -0.25) is 14.6 Å². The number of carbonyl (C=O) groups excluding carboxylic acids is 2. The first kappa shape index (κ1) is 21.4. The minimum Gasteiger partial charge on any atom is -0.476 e. The van der Waals surface area contributed by atoms with Gasteiger partial charge in [-0.2, -0.15) is 0 Å². The molecule has 2 heterocycles. The van der Waals surface area contributed by atoms with Gasteiger partial charge in [0, 0.05) is 49.8 Å². The predicted molar refractivity (Wildman–Crippen MR) is 122 cm³/mol. The van der Waals surface area contributed by atoms with Gasteiger partial charge in [-0.05, 0) is 29.8 Å². The Bertz CT molecular complexity index is 1050. The van der Waals surface area contributed by atoms with E-state index in [1.54, 1.807) is 30.6 Å². The molecule has 0 bridgehead atoms. The Balaban J connectivity index is 1.50. The summed E-state index contributed by atoms with van der Waals surface area (Å²) in [5.74, 6) is 0.0390. The molecule has 1 aliphatic rings. The molecule has 2 amide bonds. The van der Waals surface area contributed by atoms with Crippen LogP contribution >= 0.6 is 0 Å². The van der Waals surface area contributed by atoms with Crippen LogP contribution in [0.15, 0.2) is 79.1 Å². The molecule has 164 valence electrons. The fourth-order valence-corrected chi connectivity index (χ4v) is 3.86. The highest BCUT2D eigenvalue weighted by Gasteiger charge is 2.30. The van der Waals surface area contributed by atoms with Crippen molar-refractivity contribution in [2.75, 3.05) is 31.1 Å². The van der Waals surface area contributed by atoms with Crippen molar-refractivity contribution >= 4 is 17.5 Å². The fourth-order valence-electron chi connectivity index (χ4n) is 3.86. The normalized spacial score (nSPS) is 14.6. The summed E-state index contributed by atoms with van der Waals surface area (Å²) in [7, 11) is 0. The number of aromatic nitrogens is 1. The van der Waals surface area contributed by atoms with Crippen LogP contribution in [0.4, 0.5) is 5.69 Å². The number of nitrogens with two attached hydrogens (primary N) is 1. The number of rotatable bonds is 7. The summed E-state index contributed by atoms with van der Waals surface area (Å²) in [5.41, 5.74) is 7.96. The maximum atomic E-state index is 13.5. The molecule has 1 unspecified atom stereocenters. The Morgan fingerprint density at radius 2 is 1.66 bits per heavy atom. The predicted octanol–water partition coefficient (Wildman–Crippen LogP) is 2.58. The highest BCUT2D eigenvalue weighted by atomic mass is 16.5. The van der Waals surface area contributed by atoms with Crippen LogP contribution in [0.3, 0.4) is 0 Å². The molecule has 2 N–H and O–H groups in total.